The molecule has 0 radical (unpaired) electrons. The molecule has 0 spiro atoms. The summed E-state index contributed by atoms with van der Waals surface area (Å²) in [6, 6.07) is 18.8. The van der Waals surface area contributed by atoms with E-state index in [0.717, 1.165) is 17.6 Å². The largest absolute Gasteiger partial charge is 0.363 e. The number of halogens is 1. The van der Waals surface area contributed by atoms with Crippen molar-refractivity contribution in [3.8, 4) is 0 Å². The summed E-state index contributed by atoms with van der Waals surface area (Å²) in [5, 5.41) is 3.25. The van der Waals surface area contributed by atoms with E-state index in [1.54, 1.807) is 0 Å². The average Bonchev–Trinajstić information content (AvgIpc) is 2.51. The minimum Gasteiger partial charge on any atom is -0.363 e. The van der Waals surface area contributed by atoms with Crippen LogP contribution in [0.1, 0.15) is 31.1 Å². The fraction of sp³-hybridized carbons (Fsp3) is 0.333. The van der Waals surface area contributed by atoms with Gasteiger partial charge in [-0.1, -0.05) is 72.2 Å². The van der Waals surface area contributed by atoms with Crippen LogP contribution < -0.4 is 5.32 Å². The second-order valence-corrected chi connectivity index (χ2v) is 5.67. The van der Waals surface area contributed by atoms with Gasteiger partial charge in [-0.15, -0.1) is 0 Å². The molecule has 0 aliphatic carbocycles. The van der Waals surface area contributed by atoms with Crippen molar-refractivity contribution in [1.82, 2.24) is 5.32 Å². The smallest absolute Gasteiger partial charge is 0.108 e. The maximum Gasteiger partial charge on any atom is 0.108 e. The van der Waals surface area contributed by atoms with Crippen LogP contribution >= 0.6 is 15.9 Å². The number of benzene rings is 2. The van der Waals surface area contributed by atoms with Gasteiger partial charge in [-0.2, -0.15) is 0 Å². The van der Waals surface area contributed by atoms with E-state index < -0.39 is 0 Å². The van der Waals surface area contributed by atoms with E-state index in [2.05, 4.69) is 69.8 Å². The highest BCUT2D eigenvalue weighted by molar-refractivity contribution is 9.10. The van der Waals surface area contributed by atoms with E-state index in [1.807, 2.05) is 19.9 Å². The monoisotopic (exact) mass is 347 g/mol. The third kappa shape index (κ3) is 4.40. The zero-order chi connectivity index (χ0) is 15.1. The molecule has 2 aromatic carbocycles. The van der Waals surface area contributed by atoms with Crippen LogP contribution in [0.2, 0.25) is 0 Å². The molecule has 0 saturated carbocycles. The quantitative estimate of drug-likeness (QED) is 0.875. The lowest BCUT2D eigenvalue weighted by molar-refractivity contribution is -0.0202. The summed E-state index contributed by atoms with van der Waals surface area (Å²) in [6.45, 7) is 5.89. The second kappa shape index (κ2) is 8.32. The van der Waals surface area contributed by atoms with Crippen LogP contribution in [0.5, 0.6) is 0 Å². The number of rotatable bonds is 4. The Labute approximate surface area is 135 Å². The van der Waals surface area contributed by atoms with Gasteiger partial charge in [-0.3, -0.25) is 0 Å². The molecule has 1 aliphatic heterocycles. The molecule has 0 aromatic heterocycles. The third-order valence-corrected chi connectivity index (χ3v) is 3.88. The van der Waals surface area contributed by atoms with Crippen molar-refractivity contribution in [2.45, 2.75) is 26.1 Å². The zero-order valence-corrected chi connectivity index (χ0v) is 14.1. The number of ether oxygens (including phenoxy) is 1. The van der Waals surface area contributed by atoms with Crippen molar-refractivity contribution in [3.63, 3.8) is 0 Å². The van der Waals surface area contributed by atoms with Gasteiger partial charge in [-0.05, 0) is 23.3 Å². The lowest BCUT2D eigenvalue weighted by Gasteiger charge is -2.32. The Morgan fingerprint density at radius 1 is 0.952 bits per heavy atom. The van der Waals surface area contributed by atoms with Gasteiger partial charge in [0.05, 0.1) is 6.10 Å². The number of hydrogen-bond donors (Lipinski definition) is 1. The highest BCUT2D eigenvalue weighted by atomic mass is 79.9. The van der Waals surface area contributed by atoms with Crippen LogP contribution in [0.15, 0.2) is 59.1 Å². The predicted molar refractivity (Wildman–Crippen MR) is 91.5 cm³/mol. The van der Waals surface area contributed by atoms with E-state index in [4.69, 9.17) is 4.74 Å². The summed E-state index contributed by atoms with van der Waals surface area (Å²) in [4.78, 5) is 0. The van der Waals surface area contributed by atoms with Crippen LogP contribution in [-0.2, 0) is 4.74 Å². The summed E-state index contributed by atoms with van der Waals surface area (Å²) < 4.78 is 7.31. The van der Waals surface area contributed by atoms with Gasteiger partial charge in [0.1, 0.15) is 6.10 Å². The van der Waals surface area contributed by atoms with Crippen LogP contribution in [0.4, 0.5) is 0 Å². The maximum atomic E-state index is 6.22. The van der Waals surface area contributed by atoms with E-state index in [0.29, 0.717) is 6.10 Å². The highest BCUT2D eigenvalue weighted by Crippen LogP contribution is 2.29. The standard InChI is InChI=1S/C16H16BrNO.C2H6/c17-14-8-6-13(7-9-14)16(19-15-10-18-11-15)12-4-2-1-3-5-12;1-2/h1-9,15-16,18H,10-11H2;1-2H3. The van der Waals surface area contributed by atoms with Gasteiger partial charge in [-0.25, -0.2) is 0 Å². The molecule has 1 atom stereocenters. The zero-order valence-electron chi connectivity index (χ0n) is 12.6. The minimum atomic E-state index is 0.0152. The van der Waals surface area contributed by atoms with Crippen molar-refractivity contribution in [2.75, 3.05) is 13.1 Å². The molecule has 0 amide bonds. The molecule has 3 rings (SSSR count). The van der Waals surface area contributed by atoms with Gasteiger partial charge in [0, 0.05) is 17.6 Å². The molecule has 2 nitrogen and oxygen atoms in total. The molecule has 21 heavy (non-hydrogen) atoms. The second-order valence-electron chi connectivity index (χ2n) is 4.76. The normalized spacial score (nSPS) is 15.6. The predicted octanol–water partition coefficient (Wildman–Crippen LogP) is 4.55. The fourth-order valence-electron chi connectivity index (χ4n) is 2.17. The number of nitrogens with one attached hydrogen (secondary N) is 1. The number of hydrogen-bond acceptors (Lipinski definition) is 2. The summed E-state index contributed by atoms with van der Waals surface area (Å²) in [6.07, 6.45) is 0.329. The van der Waals surface area contributed by atoms with Gasteiger partial charge in [0.2, 0.25) is 0 Å². The van der Waals surface area contributed by atoms with Crippen molar-refractivity contribution in [3.05, 3.63) is 70.2 Å². The van der Waals surface area contributed by atoms with Crippen molar-refractivity contribution >= 4 is 15.9 Å². The topological polar surface area (TPSA) is 21.3 Å². The first-order valence-corrected chi connectivity index (χ1v) is 8.29. The highest BCUT2D eigenvalue weighted by Gasteiger charge is 2.24. The van der Waals surface area contributed by atoms with Crippen molar-refractivity contribution in [1.29, 1.82) is 0 Å². The lowest BCUT2D eigenvalue weighted by Crippen LogP contribution is -2.49. The van der Waals surface area contributed by atoms with Crippen LogP contribution in [-0.4, -0.2) is 19.2 Å². The van der Waals surface area contributed by atoms with Crippen LogP contribution in [0.3, 0.4) is 0 Å². The van der Waals surface area contributed by atoms with Gasteiger partial charge < -0.3 is 10.1 Å². The first-order valence-electron chi connectivity index (χ1n) is 7.49. The summed E-state index contributed by atoms with van der Waals surface area (Å²) in [5.41, 5.74) is 2.40. The SMILES string of the molecule is Brc1ccc(C(OC2CNC2)c2ccccc2)cc1.CC. The Morgan fingerprint density at radius 2 is 1.52 bits per heavy atom. The van der Waals surface area contributed by atoms with Crippen molar-refractivity contribution in [2.24, 2.45) is 0 Å². The molecule has 3 heteroatoms. The first-order chi connectivity index (χ1) is 10.3. The molecule has 1 unspecified atom stereocenters. The Kier molecular flexibility index (Phi) is 6.43. The van der Waals surface area contributed by atoms with Gasteiger partial charge >= 0.3 is 0 Å². The molecule has 1 saturated heterocycles. The Hall–Kier alpha value is -1.16. The van der Waals surface area contributed by atoms with E-state index in [1.165, 1.54) is 11.1 Å². The summed E-state index contributed by atoms with van der Waals surface area (Å²) in [5.74, 6) is 0. The summed E-state index contributed by atoms with van der Waals surface area (Å²) >= 11 is 3.48. The lowest BCUT2D eigenvalue weighted by atomic mass is 10.0. The molecule has 112 valence electrons. The third-order valence-electron chi connectivity index (χ3n) is 3.35. The molecule has 0 bridgehead atoms. The molecular formula is C18H22BrNO. The molecule has 1 aliphatic rings. The minimum absolute atomic E-state index is 0.0152. The van der Waals surface area contributed by atoms with Gasteiger partial charge in [0.15, 0.2) is 0 Å². The van der Waals surface area contributed by atoms with Gasteiger partial charge in [0.25, 0.3) is 0 Å². The van der Waals surface area contributed by atoms with Crippen LogP contribution in [0, 0.1) is 0 Å². The maximum absolute atomic E-state index is 6.22. The average molecular weight is 348 g/mol. The molecule has 1 heterocycles. The van der Waals surface area contributed by atoms with E-state index in [9.17, 15) is 0 Å². The molecule has 1 fully saturated rings. The molecular weight excluding hydrogens is 326 g/mol. The Morgan fingerprint density at radius 3 is 2.05 bits per heavy atom. The van der Waals surface area contributed by atoms with Crippen molar-refractivity contribution < 1.29 is 4.74 Å². The molecule has 1 N–H and O–H groups in total. The van der Waals surface area contributed by atoms with E-state index in [-0.39, 0.29) is 6.10 Å². The Bertz CT molecular complexity index is 523. The van der Waals surface area contributed by atoms with Crippen LogP contribution in [0.25, 0.3) is 0 Å². The van der Waals surface area contributed by atoms with E-state index >= 15 is 0 Å². The molecule has 2 aromatic rings. The Balaban J connectivity index is 0.000000774. The summed E-state index contributed by atoms with van der Waals surface area (Å²) in [7, 11) is 0. The fourth-order valence-corrected chi connectivity index (χ4v) is 2.43. The first kappa shape index (κ1) is 16.2.